The van der Waals surface area contributed by atoms with Gasteiger partial charge in [0.2, 0.25) is 0 Å². The van der Waals surface area contributed by atoms with E-state index < -0.39 is 5.60 Å². The van der Waals surface area contributed by atoms with Gasteiger partial charge in [-0.2, -0.15) is 0 Å². The van der Waals surface area contributed by atoms with Gasteiger partial charge in [0.15, 0.2) is 0 Å². The van der Waals surface area contributed by atoms with E-state index >= 15 is 0 Å². The highest BCUT2D eigenvalue weighted by atomic mass is 16.6. The summed E-state index contributed by atoms with van der Waals surface area (Å²) >= 11 is 0. The van der Waals surface area contributed by atoms with Crippen LogP contribution in [0.15, 0.2) is 0 Å². The highest BCUT2D eigenvalue weighted by molar-refractivity contribution is 5.68. The van der Waals surface area contributed by atoms with Crippen molar-refractivity contribution in [3.63, 3.8) is 0 Å². The van der Waals surface area contributed by atoms with Gasteiger partial charge in [0.25, 0.3) is 0 Å². The SMILES string of the molecule is CCN1CCCN(C(=O)OC(C)(C)C)C(C)C1. The zero-order chi connectivity index (χ0) is 13.1. The maximum atomic E-state index is 12.1. The molecule has 1 fully saturated rings. The largest absolute Gasteiger partial charge is 0.444 e. The number of amides is 1. The molecule has 1 heterocycles. The number of hydrogen-bond acceptors (Lipinski definition) is 3. The molecule has 100 valence electrons. The number of carbonyl (C=O) groups excluding carboxylic acids is 1. The van der Waals surface area contributed by atoms with Crippen LogP contribution in [0.1, 0.15) is 41.0 Å². The second kappa shape index (κ2) is 5.71. The van der Waals surface area contributed by atoms with Crippen LogP contribution < -0.4 is 0 Å². The third-order valence-electron chi connectivity index (χ3n) is 3.00. The van der Waals surface area contributed by atoms with Crippen molar-refractivity contribution < 1.29 is 9.53 Å². The molecule has 1 saturated heterocycles. The predicted molar refractivity (Wildman–Crippen MR) is 69.1 cm³/mol. The molecule has 0 saturated carbocycles. The van der Waals surface area contributed by atoms with Crippen molar-refractivity contribution in [1.29, 1.82) is 0 Å². The van der Waals surface area contributed by atoms with E-state index in [1.54, 1.807) is 0 Å². The van der Waals surface area contributed by atoms with Crippen LogP contribution in [0, 0.1) is 0 Å². The second-order valence-electron chi connectivity index (χ2n) is 5.77. The summed E-state index contributed by atoms with van der Waals surface area (Å²) < 4.78 is 5.44. The molecule has 0 aromatic rings. The average Bonchev–Trinajstić information content (AvgIpc) is 2.36. The van der Waals surface area contributed by atoms with Crippen molar-refractivity contribution in [3.8, 4) is 0 Å². The summed E-state index contributed by atoms with van der Waals surface area (Å²) in [6.07, 6.45) is 0.847. The Morgan fingerprint density at radius 3 is 2.53 bits per heavy atom. The lowest BCUT2D eigenvalue weighted by molar-refractivity contribution is 0.0181. The number of carbonyl (C=O) groups is 1. The molecule has 1 rings (SSSR count). The summed E-state index contributed by atoms with van der Waals surface area (Å²) in [4.78, 5) is 16.3. The molecule has 4 nitrogen and oxygen atoms in total. The molecule has 17 heavy (non-hydrogen) atoms. The number of ether oxygens (including phenoxy) is 1. The van der Waals surface area contributed by atoms with Crippen molar-refractivity contribution in [2.45, 2.75) is 52.7 Å². The van der Waals surface area contributed by atoms with E-state index in [0.29, 0.717) is 0 Å². The van der Waals surface area contributed by atoms with Crippen LogP contribution >= 0.6 is 0 Å². The topological polar surface area (TPSA) is 32.8 Å². The van der Waals surface area contributed by atoms with Crippen molar-refractivity contribution in [2.24, 2.45) is 0 Å². The third-order valence-corrected chi connectivity index (χ3v) is 3.00. The number of hydrogen-bond donors (Lipinski definition) is 0. The first-order valence-corrected chi connectivity index (χ1v) is 6.55. The number of nitrogens with zero attached hydrogens (tertiary/aromatic N) is 2. The lowest BCUT2D eigenvalue weighted by Gasteiger charge is -2.31. The maximum absolute atomic E-state index is 12.1. The fourth-order valence-electron chi connectivity index (χ4n) is 2.13. The normalized spacial score (nSPS) is 23.4. The van der Waals surface area contributed by atoms with Crippen LogP contribution in [-0.4, -0.2) is 53.7 Å². The molecular weight excluding hydrogens is 216 g/mol. The molecule has 0 aromatic carbocycles. The Bertz CT molecular complexity index is 261. The van der Waals surface area contributed by atoms with Crippen LogP contribution in [-0.2, 0) is 4.74 Å². The van der Waals surface area contributed by atoms with Gasteiger partial charge in [0.1, 0.15) is 5.60 Å². The molecular formula is C13H26N2O2. The van der Waals surface area contributed by atoms with Gasteiger partial charge in [0, 0.05) is 19.1 Å². The predicted octanol–water partition coefficient (Wildman–Crippen LogP) is 2.34. The summed E-state index contributed by atoms with van der Waals surface area (Å²) in [6, 6.07) is 0.229. The Hall–Kier alpha value is -0.770. The van der Waals surface area contributed by atoms with E-state index in [-0.39, 0.29) is 12.1 Å². The standard InChI is InChI=1S/C13H26N2O2/c1-6-14-8-7-9-15(11(2)10-14)12(16)17-13(3,4)5/h11H,6-10H2,1-5H3. The summed E-state index contributed by atoms with van der Waals surface area (Å²) in [5.41, 5.74) is -0.409. The zero-order valence-electron chi connectivity index (χ0n) is 11.8. The molecule has 1 unspecified atom stereocenters. The van der Waals surface area contributed by atoms with Crippen LogP contribution in [0.5, 0.6) is 0 Å². The van der Waals surface area contributed by atoms with E-state index in [4.69, 9.17) is 4.74 Å². The molecule has 1 amide bonds. The van der Waals surface area contributed by atoms with Gasteiger partial charge in [0.05, 0.1) is 0 Å². The first-order chi connectivity index (χ1) is 7.83. The Kier molecular flexibility index (Phi) is 4.80. The molecule has 1 atom stereocenters. The van der Waals surface area contributed by atoms with E-state index in [2.05, 4.69) is 18.7 Å². The number of likely N-dealkylation sites (N-methyl/N-ethyl adjacent to an activating group) is 1. The van der Waals surface area contributed by atoms with E-state index in [1.165, 1.54) is 0 Å². The van der Waals surface area contributed by atoms with Crippen molar-refractivity contribution in [2.75, 3.05) is 26.2 Å². The van der Waals surface area contributed by atoms with Gasteiger partial charge in [-0.3, -0.25) is 0 Å². The third kappa shape index (κ3) is 4.54. The highest BCUT2D eigenvalue weighted by Gasteiger charge is 2.28. The molecule has 1 aliphatic heterocycles. The molecule has 4 heteroatoms. The van der Waals surface area contributed by atoms with Gasteiger partial charge < -0.3 is 14.5 Å². The molecule has 0 spiro atoms. The summed E-state index contributed by atoms with van der Waals surface area (Å²) in [5, 5.41) is 0. The summed E-state index contributed by atoms with van der Waals surface area (Å²) in [7, 11) is 0. The van der Waals surface area contributed by atoms with E-state index in [0.717, 1.165) is 32.6 Å². The molecule has 1 aliphatic rings. The number of rotatable bonds is 1. The van der Waals surface area contributed by atoms with Crippen LogP contribution in [0.3, 0.4) is 0 Å². The lowest BCUT2D eigenvalue weighted by Crippen LogP contribution is -2.44. The molecule has 0 bridgehead atoms. The summed E-state index contributed by atoms with van der Waals surface area (Å²) in [5.74, 6) is 0. The van der Waals surface area contributed by atoms with Gasteiger partial charge >= 0.3 is 6.09 Å². The molecule has 0 N–H and O–H groups in total. The van der Waals surface area contributed by atoms with E-state index in [1.807, 2.05) is 25.7 Å². The molecule has 0 aromatic heterocycles. The monoisotopic (exact) mass is 242 g/mol. The van der Waals surface area contributed by atoms with Crippen LogP contribution in [0.4, 0.5) is 4.79 Å². The van der Waals surface area contributed by atoms with Gasteiger partial charge in [-0.1, -0.05) is 6.92 Å². The molecule has 0 radical (unpaired) electrons. The minimum atomic E-state index is -0.409. The van der Waals surface area contributed by atoms with Crippen LogP contribution in [0.2, 0.25) is 0 Å². The van der Waals surface area contributed by atoms with Gasteiger partial charge in [-0.15, -0.1) is 0 Å². The summed E-state index contributed by atoms with van der Waals surface area (Å²) in [6.45, 7) is 13.8. The second-order valence-corrected chi connectivity index (χ2v) is 5.77. The first kappa shape index (κ1) is 14.3. The maximum Gasteiger partial charge on any atom is 0.410 e. The van der Waals surface area contributed by atoms with Crippen molar-refractivity contribution in [3.05, 3.63) is 0 Å². The van der Waals surface area contributed by atoms with Gasteiger partial charge in [-0.05, 0) is 47.2 Å². The zero-order valence-corrected chi connectivity index (χ0v) is 11.8. The van der Waals surface area contributed by atoms with Crippen molar-refractivity contribution in [1.82, 2.24) is 9.80 Å². The Balaban J connectivity index is 2.61. The first-order valence-electron chi connectivity index (χ1n) is 6.55. The van der Waals surface area contributed by atoms with E-state index in [9.17, 15) is 4.79 Å². The quantitative estimate of drug-likeness (QED) is 0.707. The smallest absolute Gasteiger partial charge is 0.410 e. The fourth-order valence-corrected chi connectivity index (χ4v) is 2.13. The van der Waals surface area contributed by atoms with Gasteiger partial charge in [-0.25, -0.2) is 4.79 Å². The fraction of sp³-hybridized carbons (Fsp3) is 0.923. The molecule has 0 aliphatic carbocycles. The Morgan fingerprint density at radius 1 is 1.35 bits per heavy atom. The Morgan fingerprint density at radius 2 is 2.00 bits per heavy atom. The highest BCUT2D eigenvalue weighted by Crippen LogP contribution is 2.15. The lowest BCUT2D eigenvalue weighted by atomic mass is 10.2. The van der Waals surface area contributed by atoms with Crippen molar-refractivity contribution >= 4 is 6.09 Å². The minimum Gasteiger partial charge on any atom is -0.444 e. The minimum absolute atomic E-state index is 0.178. The Labute approximate surface area is 105 Å². The van der Waals surface area contributed by atoms with Crippen LogP contribution in [0.25, 0.3) is 0 Å². The average molecular weight is 242 g/mol.